The quantitative estimate of drug-likeness (QED) is 0.408. The Morgan fingerprint density at radius 2 is 1.89 bits per heavy atom. The van der Waals surface area contributed by atoms with Gasteiger partial charge in [0, 0.05) is 17.8 Å². The average molecular weight is 546 g/mol. The normalized spacial score (nSPS) is 15.3. The predicted octanol–water partition coefficient (Wildman–Crippen LogP) is 3.86. The average Bonchev–Trinajstić information content (AvgIpc) is 3.15. The van der Waals surface area contributed by atoms with E-state index in [9.17, 15) is 18.0 Å². The van der Waals surface area contributed by atoms with Gasteiger partial charge in [0.05, 0.1) is 34.5 Å². The molecule has 0 saturated heterocycles. The summed E-state index contributed by atoms with van der Waals surface area (Å²) in [4.78, 5) is 25.0. The van der Waals surface area contributed by atoms with Crippen LogP contribution in [0.15, 0.2) is 70.4 Å². The first-order valence-electron chi connectivity index (χ1n) is 10.7. The maximum atomic E-state index is 13.6. The van der Waals surface area contributed by atoms with Gasteiger partial charge in [-0.15, -0.1) is 0 Å². The summed E-state index contributed by atoms with van der Waals surface area (Å²) in [5, 5.41) is 3.09. The number of nitrogens with one attached hydrogen (secondary N) is 1. The van der Waals surface area contributed by atoms with E-state index in [1.54, 1.807) is 43.4 Å². The molecule has 1 unspecified atom stereocenters. The first-order valence-corrected chi connectivity index (χ1v) is 13.3. The number of halogens is 1. The number of carbonyl (C=O) groups excluding carboxylic acids is 1. The lowest BCUT2D eigenvalue weighted by Gasteiger charge is -2.34. The van der Waals surface area contributed by atoms with E-state index < -0.39 is 22.0 Å². The lowest BCUT2D eigenvalue weighted by Crippen LogP contribution is -2.48. The molecule has 12 heteroatoms. The lowest BCUT2D eigenvalue weighted by atomic mass is 10.2. The van der Waals surface area contributed by atoms with Crippen molar-refractivity contribution in [1.29, 1.82) is 0 Å². The van der Waals surface area contributed by atoms with Gasteiger partial charge in [-0.05, 0) is 60.7 Å². The van der Waals surface area contributed by atoms with Crippen molar-refractivity contribution in [2.75, 3.05) is 23.3 Å². The van der Waals surface area contributed by atoms with E-state index in [-0.39, 0.29) is 27.8 Å². The molecule has 186 valence electrons. The van der Waals surface area contributed by atoms with E-state index in [1.807, 2.05) is 0 Å². The van der Waals surface area contributed by atoms with Gasteiger partial charge in [0.2, 0.25) is 0 Å². The third-order valence-corrected chi connectivity index (χ3v) is 8.81. The number of sulfonamides is 1. The summed E-state index contributed by atoms with van der Waals surface area (Å²) in [6, 6.07) is 15.6. The highest BCUT2D eigenvalue weighted by Gasteiger charge is 2.38. The summed E-state index contributed by atoms with van der Waals surface area (Å²) < 4.78 is 41.6. The summed E-state index contributed by atoms with van der Waals surface area (Å²) in [5.74, 6) is 0.185. The zero-order valence-electron chi connectivity index (χ0n) is 19.1. The van der Waals surface area contributed by atoms with Crippen LogP contribution in [0.4, 0.5) is 11.4 Å². The largest absolute Gasteiger partial charge is 0.497 e. The van der Waals surface area contributed by atoms with Crippen LogP contribution in [0, 0.1) is 0 Å². The minimum Gasteiger partial charge on any atom is -0.497 e. The molecule has 0 fully saturated rings. The van der Waals surface area contributed by atoms with Crippen LogP contribution in [0.3, 0.4) is 0 Å². The summed E-state index contributed by atoms with van der Waals surface area (Å²) in [6.45, 7) is -0.269. The smallest absolute Gasteiger partial charge is 0.307 e. The molecule has 0 bridgehead atoms. The Balaban J connectivity index is 1.47. The molecule has 1 N–H and O–H groups in total. The molecule has 1 aliphatic rings. The number of nitrogens with zero attached hydrogens (tertiary/aromatic N) is 2. The zero-order valence-corrected chi connectivity index (χ0v) is 21.5. The van der Waals surface area contributed by atoms with Crippen molar-refractivity contribution in [3.8, 4) is 11.5 Å². The summed E-state index contributed by atoms with van der Waals surface area (Å²) in [6.07, 6.45) is -1.14. The van der Waals surface area contributed by atoms with Gasteiger partial charge < -0.3 is 19.4 Å². The molecule has 2 heterocycles. The summed E-state index contributed by atoms with van der Waals surface area (Å²) in [5.41, 5.74) is 1.45. The number of hydrogen-bond donors (Lipinski definition) is 1. The van der Waals surface area contributed by atoms with Crippen LogP contribution in [0.2, 0.25) is 5.02 Å². The third-order valence-electron chi connectivity index (χ3n) is 5.79. The van der Waals surface area contributed by atoms with Gasteiger partial charge in [0.1, 0.15) is 11.5 Å². The monoisotopic (exact) mass is 545 g/mol. The topological polar surface area (TPSA) is 107 Å². The SMILES string of the molecule is COc1ccc(S(=O)(=O)N2CC(C(=O)Nc3ccc4c(c3)sc(=O)n4C)Oc3ccc(Cl)cc32)cc1. The van der Waals surface area contributed by atoms with E-state index in [0.717, 1.165) is 21.2 Å². The fourth-order valence-corrected chi connectivity index (χ4v) is 6.45. The highest BCUT2D eigenvalue weighted by atomic mass is 35.5. The van der Waals surface area contributed by atoms with Crippen molar-refractivity contribution in [3.63, 3.8) is 0 Å². The van der Waals surface area contributed by atoms with Gasteiger partial charge in [-0.2, -0.15) is 0 Å². The number of rotatable bonds is 5. The fourth-order valence-electron chi connectivity index (χ4n) is 3.90. The first kappa shape index (κ1) is 24.2. The third kappa shape index (κ3) is 4.29. The number of fused-ring (bicyclic) bond motifs is 2. The molecule has 1 aromatic heterocycles. The molecule has 9 nitrogen and oxygen atoms in total. The Bertz CT molecular complexity index is 1650. The molecule has 1 aliphatic heterocycles. The Kier molecular flexibility index (Phi) is 6.15. The van der Waals surface area contributed by atoms with E-state index in [1.165, 1.54) is 35.9 Å². The second kappa shape index (κ2) is 9.16. The lowest BCUT2D eigenvalue weighted by molar-refractivity contribution is -0.122. The number of benzene rings is 3. The van der Waals surface area contributed by atoms with E-state index in [0.29, 0.717) is 21.2 Å². The van der Waals surface area contributed by atoms with Crippen molar-refractivity contribution < 1.29 is 22.7 Å². The van der Waals surface area contributed by atoms with Crippen molar-refractivity contribution in [1.82, 2.24) is 4.57 Å². The van der Waals surface area contributed by atoms with Gasteiger partial charge in [0.25, 0.3) is 15.9 Å². The number of ether oxygens (including phenoxy) is 2. The van der Waals surface area contributed by atoms with Crippen LogP contribution in [0.1, 0.15) is 0 Å². The van der Waals surface area contributed by atoms with Crippen LogP contribution in [0.25, 0.3) is 10.2 Å². The van der Waals surface area contributed by atoms with Crippen LogP contribution < -0.4 is 24.0 Å². The summed E-state index contributed by atoms with van der Waals surface area (Å²) >= 11 is 7.22. The molecule has 1 atom stereocenters. The molecule has 0 radical (unpaired) electrons. The predicted molar refractivity (Wildman–Crippen MR) is 139 cm³/mol. The molecule has 4 aromatic rings. The Morgan fingerprint density at radius 1 is 1.14 bits per heavy atom. The Labute approximate surface area is 215 Å². The number of carbonyl (C=O) groups is 1. The Morgan fingerprint density at radius 3 is 2.61 bits per heavy atom. The van der Waals surface area contributed by atoms with E-state index in [2.05, 4.69) is 5.32 Å². The first-order chi connectivity index (χ1) is 17.2. The maximum absolute atomic E-state index is 13.6. The van der Waals surface area contributed by atoms with Gasteiger partial charge >= 0.3 is 4.87 Å². The second-order valence-electron chi connectivity index (χ2n) is 8.03. The minimum absolute atomic E-state index is 0.0275. The second-order valence-corrected chi connectivity index (χ2v) is 11.3. The number of aryl methyl sites for hydroxylation is 1. The molecule has 5 rings (SSSR count). The van der Waals surface area contributed by atoms with E-state index in [4.69, 9.17) is 21.1 Å². The number of amides is 1. The molecule has 0 aliphatic carbocycles. The van der Waals surface area contributed by atoms with Crippen LogP contribution in [0.5, 0.6) is 11.5 Å². The standard InChI is InChI=1S/C24H20ClN3O6S2/c1-27-18-9-4-15(12-22(18)35-24(27)30)26-23(29)21-13-28(19-11-14(25)3-10-20(19)34-21)36(31,32)17-7-5-16(33-2)6-8-17/h3-12,21H,13H2,1-2H3,(H,26,29). The van der Waals surface area contributed by atoms with Gasteiger partial charge in [-0.3, -0.25) is 13.9 Å². The Hall–Kier alpha value is -3.54. The molecular formula is C24H20ClN3O6S2. The van der Waals surface area contributed by atoms with Crippen molar-refractivity contribution in [2.24, 2.45) is 7.05 Å². The van der Waals surface area contributed by atoms with Crippen LogP contribution in [-0.2, 0) is 21.9 Å². The minimum atomic E-state index is -4.06. The van der Waals surface area contributed by atoms with Gasteiger partial charge in [0.15, 0.2) is 6.10 Å². The van der Waals surface area contributed by atoms with Crippen molar-refractivity contribution >= 4 is 60.5 Å². The molecule has 0 spiro atoms. The van der Waals surface area contributed by atoms with Crippen LogP contribution in [-0.4, -0.2) is 38.7 Å². The number of aromatic nitrogens is 1. The molecule has 36 heavy (non-hydrogen) atoms. The number of thiazole rings is 1. The number of methoxy groups -OCH3 is 1. The van der Waals surface area contributed by atoms with Crippen LogP contribution >= 0.6 is 22.9 Å². The number of anilines is 2. The zero-order chi connectivity index (χ0) is 25.6. The highest BCUT2D eigenvalue weighted by molar-refractivity contribution is 7.92. The summed E-state index contributed by atoms with van der Waals surface area (Å²) in [7, 11) is -0.898. The molecule has 1 amide bonds. The highest BCUT2D eigenvalue weighted by Crippen LogP contribution is 2.39. The number of hydrogen-bond acceptors (Lipinski definition) is 7. The van der Waals surface area contributed by atoms with Gasteiger partial charge in [-0.25, -0.2) is 8.42 Å². The van der Waals surface area contributed by atoms with Gasteiger partial charge in [-0.1, -0.05) is 22.9 Å². The van der Waals surface area contributed by atoms with Crippen molar-refractivity contribution in [2.45, 2.75) is 11.0 Å². The molecule has 3 aromatic carbocycles. The van der Waals surface area contributed by atoms with Crippen molar-refractivity contribution in [3.05, 3.63) is 75.4 Å². The van der Waals surface area contributed by atoms with E-state index >= 15 is 0 Å². The maximum Gasteiger partial charge on any atom is 0.307 e. The molecule has 0 saturated carbocycles. The molecular weight excluding hydrogens is 526 g/mol. The fraction of sp³-hybridized carbons (Fsp3) is 0.167.